The van der Waals surface area contributed by atoms with Crippen molar-refractivity contribution in [3.05, 3.63) is 95.0 Å². The van der Waals surface area contributed by atoms with E-state index >= 15 is 0 Å². The summed E-state index contributed by atoms with van der Waals surface area (Å²) in [6, 6.07) is 21.6. The van der Waals surface area contributed by atoms with Crippen LogP contribution < -0.4 is 9.62 Å². The highest BCUT2D eigenvalue weighted by Crippen LogP contribution is 2.27. The fourth-order valence-corrected chi connectivity index (χ4v) is 5.61. The molecule has 9 heteroatoms. The maximum Gasteiger partial charge on any atom is 0.264 e. The minimum atomic E-state index is -4.12. The molecule has 0 heterocycles. The summed E-state index contributed by atoms with van der Waals surface area (Å²) in [6.45, 7) is 7.73. The maximum atomic E-state index is 13.9. The molecule has 0 fully saturated rings. The van der Waals surface area contributed by atoms with Gasteiger partial charge in [0, 0.05) is 18.1 Å². The van der Waals surface area contributed by atoms with Gasteiger partial charge in [-0.2, -0.15) is 0 Å². The van der Waals surface area contributed by atoms with Gasteiger partial charge < -0.3 is 10.2 Å². The van der Waals surface area contributed by atoms with Crippen LogP contribution in [0.2, 0.25) is 5.02 Å². The van der Waals surface area contributed by atoms with Gasteiger partial charge in [0.2, 0.25) is 11.8 Å². The van der Waals surface area contributed by atoms with Crippen molar-refractivity contribution in [2.24, 2.45) is 5.92 Å². The van der Waals surface area contributed by atoms with E-state index < -0.39 is 28.5 Å². The first-order chi connectivity index (χ1) is 18.5. The summed E-state index contributed by atoms with van der Waals surface area (Å²) in [6.07, 6.45) is 0.510. The molecule has 1 atom stereocenters. The summed E-state index contributed by atoms with van der Waals surface area (Å²) in [5.41, 5.74) is 2.17. The zero-order valence-corrected chi connectivity index (χ0v) is 24.4. The van der Waals surface area contributed by atoms with Crippen molar-refractivity contribution in [3.63, 3.8) is 0 Å². The molecule has 1 N–H and O–H groups in total. The lowest BCUT2D eigenvalue weighted by atomic mass is 10.1. The van der Waals surface area contributed by atoms with Gasteiger partial charge in [0.1, 0.15) is 12.6 Å². The molecule has 0 saturated carbocycles. The Morgan fingerprint density at radius 1 is 0.923 bits per heavy atom. The first-order valence-electron chi connectivity index (χ1n) is 12.9. The van der Waals surface area contributed by atoms with Crippen LogP contribution in [0.25, 0.3) is 0 Å². The number of hydrogen-bond acceptors (Lipinski definition) is 4. The summed E-state index contributed by atoms with van der Waals surface area (Å²) in [5, 5.41) is 3.23. The van der Waals surface area contributed by atoms with E-state index in [1.807, 2.05) is 51.1 Å². The third-order valence-electron chi connectivity index (χ3n) is 6.32. The molecule has 39 heavy (non-hydrogen) atoms. The number of sulfonamides is 1. The van der Waals surface area contributed by atoms with Gasteiger partial charge in [-0.25, -0.2) is 8.42 Å². The van der Waals surface area contributed by atoms with Crippen LogP contribution in [0.5, 0.6) is 0 Å². The number of nitrogens with one attached hydrogen (secondary N) is 1. The zero-order valence-electron chi connectivity index (χ0n) is 22.8. The molecule has 0 aliphatic heterocycles. The number of aryl methyl sites for hydroxylation is 1. The van der Waals surface area contributed by atoms with Gasteiger partial charge in [0.05, 0.1) is 10.6 Å². The molecule has 0 saturated heterocycles. The predicted octanol–water partition coefficient (Wildman–Crippen LogP) is 5.08. The monoisotopic (exact) mass is 569 g/mol. The Hall–Kier alpha value is -3.36. The van der Waals surface area contributed by atoms with Crippen LogP contribution in [0.15, 0.2) is 83.8 Å². The molecule has 0 aromatic heterocycles. The molecular formula is C30H36ClN3O4S. The van der Waals surface area contributed by atoms with Crippen LogP contribution >= 0.6 is 11.6 Å². The average molecular weight is 570 g/mol. The number of benzene rings is 3. The van der Waals surface area contributed by atoms with Gasteiger partial charge in [0.15, 0.2) is 0 Å². The summed E-state index contributed by atoms with van der Waals surface area (Å²) < 4.78 is 28.7. The molecule has 0 aliphatic rings. The van der Waals surface area contributed by atoms with Crippen LogP contribution in [0.3, 0.4) is 0 Å². The van der Waals surface area contributed by atoms with Crippen LogP contribution in [0.1, 0.15) is 31.9 Å². The first kappa shape index (κ1) is 30.2. The average Bonchev–Trinajstić information content (AvgIpc) is 2.91. The van der Waals surface area contributed by atoms with Gasteiger partial charge >= 0.3 is 0 Å². The predicted molar refractivity (Wildman–Crippen MR) is 156 cm³/mol. The minimum absolute atomic E-state index is 0.0550. The van der Waals surface area contributed by atoms with Crippen LogP contribution in [0.4, 0.5) is 5.69 Å². The Morgan fingerprint density at radius 2 is 1.59 bits per heavy atom. The second-order valence-electron chi connectivity index (χ2n) is 9.94. The number of nitrogens with zero attached hydrogens (tertiary/aromatic N) is 2. The number of amides is 2. The largest absolute Gasteiger partial charge is 0.354 e. The van der Waals surface area contributed by atoms with Gasteiger partial charge in [-0.05, 0) is 62.1 Å². The fraction of sp³-hybridized carbons (Fsp3) is 0.333. The number of halogens is 1. The van der Waals surface area contributed by atoms with Crippen molar-refractivity contribution in [1.82, 2.24) is 10.2 Å². The van der Waals surface area contributed by atoms with Gasteiger partial charge in [0.25, 0.3) is 10.0 Å². The fourth-order valence-electron chi connectivity index (χ4n) is 4.02. The Morgan fingerprint density at radius 3 is 2.21 bits per heavy atom. The topological polar surface area (TPSA) is 86.8 Å². The van der Waals surface area contributed by atoms with E-state index in [2.05, 4.69) is 5.32 Å². The van der Waals surface area contributed by atoms with E-state index in [0.717, 1.165) is 15.4 Å². The molecule has 3 rings (SSSR count). The quantitative estimate of drug-likeness (QED) is 0.330. The summed E-state index contributed by atoms with van der Waals surface area (Å²) in [7, 11) is -4.12. The number of carbonyl (C=O) groups is 2. The molecule has 0 bridgehead atoms. The van der Waals surface area contributed by atoms with E-state index in [4.69, 9.17) is 11.6 Å². The smallest absolute Gasteiger partial charge is 0.264 e. The Balaban J connectivity index is 1.96. The number of carbonyl (C=O) groups excluding carboxylic acids is 2. The molecule has 2 amide bonds. The van der Waals surface area contributed by atoms with Gasteiger partial charge in [-0.1, -0.05) is 79.5 Å². The van der Waals surface area contributed by atoms with E-state index in [-0.39, 0.29) is 29.0 Å². The van der Waals surface area contributed by atoms with E-state index in [9.17, 15) is 18.0 Å². The molecule has 0 spiro atoms. The number of hydrogen-bond donors (Lipinski definition) is 1. The van der Waals surface area contributed by atoms with Crippen LogP contribution in [-0.2, 0) is 26.0 Å². The third kappa shape index (κ3) is 8.31. The molecular weight excluding hydrogens is 534 g/mol. The molecule has 0 unspecified atom stereocenters. The van der Waals surface area contributed by atoms with Crippen molar-refractivity contribution in [1.29, 1.82) is 0 Å². The van der Waals surface area contributed by atoms with Crippen molar-refractivity contribution in [3.8, 4) is 0 Å². The lowest BCUT2D eigenvalue weighted by Crippen LogP contribution is -2.52. The Labute approximate surface area is 236 Å². The summed E-state index contributed by atoms with van der Waals surface area (Å²) >= 11 is 6.20. The van der Waals surface area contributed by atoms with E-state index in [0.29, 0.717) is 18.0 Å². The molecule has 208 valence electrons. The molecule has 3 aromatic carbocycles. The highest BCUT2D eigenvalue weighted by Gasteiger charge is 2.32. The number of anilines is 1. The second-order valence-corrected chi connectivity index (χ2v) is 12.2. The van der Waals surface area contributed by atoms with Crippen LogP contribution in [-0.4, -0.2) is 50.8 Å². The third-order valence-corrected chi connectivity index (χ3v) is 8.34. The minimum Gasteiger partial charge on any atom is -0.354 e. The molecule has 0 aliphatic carbocycles. The first-order valence-corrected chi connectivity index (χ1v) is 14.8. The standard InChI is InChI=1S/C30H36ClN3O4S/c1-22(2)20-32-30(36)24(4)33(18-17-25-9-6-5-7-10-25)29(35)21-34(27-12-8-11-26(31)19-27)39(37,38)28-15-13-23(3)14-16-28/h5-16,19,22,24H,17-18,20-21H2,1-4H3,(H,32,36)/t24-/m0/s1. The summed E-state index contributed by atoms with van der Waals surface area (Å²) in [4.78, 5) is 28.4. The molecule has 0 radical (unpaired) electrons. The van der Waals surface area contributed by atoms with E-state index in [1.165, 1.54) is 23.1 Å². The zero-order chi connectivity index (χ0) is 28.6. The molecule has 3 aromatic rings. The van der Waals surface area contributed by atoms with Crippen molar-refractivity contribution >= 4 is 39.1 Å². The van der Waals surface area contributed by atoms with Gasteiger partial charge in [-0.15, -0.1) is 0 Å². The van der Waals surface area contributed by atoms with Crippen molar-refractivity contribution < 1.29 is 18.0 Å². The number of rotatable bonds is 12. The Bertz CT molecular complexity index is 1360. The summed E-state index contributed by atoms with van der Waals surface area (Å²) in [5.74, 6) is -0.540. The van der Waals surface area contributed by atoms with Crippen LogP contribution in [0, 0.1) is 12.8 Å². The SMILES string of the molecule is Cc1ccc(S(=O)(=O)N(CC(=O)N(CCc2ccccc2)[C@@H](C)C(=O)NCC(C)C)c2cccc(Cl)c2)cc1. The second kappa shape index (κ2) is 13.6. The highest BCUT2D eigenvalue weighted by molar-refractivity contribution is 7.92. The maximum absolute atomic E-state index is 13.9. The highest BCUT2D eigenvalue weighted by atomic mass is 35.5. The van der Waals surface area contributed by atoms with Gasteiger partial charge in [-0.3, -0.25) is 13.9 Å². The molecule has 7 nitrogen and oxygen atoms in total. The van der Waals surface area contributed by atoms with E-state index in [1.54, 1.807) is 37.3 Å². The normalized spacial score (nSPS) is 12.2. The van der Waals surface area contributed by atoms with Crippen molar-refractivity contribution in [2.75, 3.05) is 23.9 Å². The Kier molecular flexibility index (Phi) is 10.5. The van der Waals surface area contributed by atoms with Crippen molar-refractivity contribution in [2.45, 2.75) is 45.1 Å². The lowest BCUT2D eigenvalue weighted by molar-refractivity contribution is -0.138. The lowest BCUT2D eigenvalue weighted by Gasteiger charge is -2.32.